The number of fused-ring (bicyclic) bond motifs is 1. The number of hydrogen-bond donors (Lipinski definition) is 1. The molecular weight excluding hydrogens is 424 g/mol. The number of aromatic nitrogens is 3. The molecular formula is C24H24N4O5. The molecule has 9 nitrogen and oxygen atoms in total. The Balaban J connectivity index is 1.94. The van der Waals surface area contributed by atoms with Gasteiger partial charge in [0.25, 0.3) is 0 Å². The Bertz CT molecular complexity index is 1290. The van der Waals surface area contributed by atoms with Gasteiger partial charge in [0.05, 0.1) is 46.0 Å². The van der Waals surface area contributed by atoms with Crippen molar-refractivity contribution in [1.29, 1.82) is 0 Å². The Labute approximate surface area is 190 Å². The first-order valence-corrected chi connectivity index (χ1v) is 10.1. The highest BCUT2D eigenvalue weighted by molar-refractivity contribution is 5.94. The van der Waals surface area contributed by atoms with Crippen LogP contribution in [0.4, 0.5) is 5.69 Å². The minimum Gasteiger partial charge on any atom is -0.493 e. The number of rotatable bonds is 7. The molecule has 1 amide bonds. The first-order chi connectivity index (χ1) is 16.0. The molecule has 0 saturated carbocycles. The zero-order chi connectivity index (χ0) is 23.5. The highest BCUT2D eigenvalue weighted by atomic mass is 16.5. The van der Waals surface area contributed by atoms with E-state index in [1.165, 1.54) is 6.92 Å². The summed E-state index contributed by atoms with van der Waals surface area (Å²) in [5.41, 5.74) is 4.45. The molecule has 0 aliphatic rings. The number of anilines is 1. The van der Waals surface area contributed by atoms with Gasteiger partial charge in [-0.1, -0.05) is 0 Å². The van der Waals surface area contributed by atoms with Crippen LogP contribution < -0.4 is 24.3 Å². The highest BCUT2D eigenvalue weighted by Gasteiger charge is 2.18. The number of nitrogens with zero attached hydrogens (tertiary/aromatic N) is 3. The lowest BCUT2D eigenvalue weighted by Gasteiger charge is -2.15. The van der Waals surface area contributed by atoms with E-state index in [9.17, 15) is 4.79 Å². The Morgan fingerprint density at radius 2 is 1.58 bits per heavy atom. The number of benzene rings is 1. The Morgan fingerprint density at radius 3 is 2.12 bits per heavy atom. The van der Waals surface area contributed by atoms with E-state index in [0.717, 1.165) is 22.4 Å². The van der Waals surface area contributed by atoms with Crippen molar-refractivity contribution in [3.63, 3.8) is 0 Å². The van der Waals surface area contributed by atoms with E-state index in [4.69, 9.17) is 18.9 Å². The number of amides is 1. The monoisotopic (exact) mass is 448 g/mol. The van der Waals surface area contributed by atoms with Crippen molar-refractivity contribution in [2.45, 2.75) is 6.92 Å². The number of pyridine rings is 2. The van der Waals surface area contributed by atoms with Crippen molar-refractivity contribution in [1.82, 2.24) is 14.4 Å². The number of hydrogen-bond acceptors (Lipinski definition) is 7. The zero-order valence-electron chi connectivity index (χ0n) is 19.0. The average Bonchev–Trinajstić information content (AvgIpc) is 3.27. The van der Waals surface area contributed by atoms with Gasteiger partial charge in [-0.25, -0.2) is 9.97 Å². The second-order valence-electron chi connectivity index (χ2n) is 7.16. The summed E-state index contributed by atoms with van der Waals surface area (Å²) in [5.74, 6) is 1.88. The van der Waals surface area contributed by atoms with Gasteiger partial charge in [0, 0.05) is 42.1 Å². The van der Waals surface area contributed by atoms with Gasteiger partial charge in [-0.3, -0.25) is 9.20 Å². The summed E-state index contributed by atoms with van der Waals surface area (Å²) in [6.07, 6.45) is 5.39. The van der Waals surface area contributed by atoms with Crippen molar-refractivity contribution in [2.75, 3.05) is 33.8 Å². The Morgan fingerprint density at radius 1 is 0.848 bits per heavy atom. The van der Waals surface area contributed by atoms with Crippen molar-refractivity contribution >= 4 is 17.2 Å². The number of methoxy groups -OCH3 is 4. The fourth-order valence-corrected chi connectivity index (χ4v) is 3.64. The minimum atomic E-state index is -0.195. The van der Waals surface area contributed by atoms with Crippen LogP contribution >= 0.6 is 0 Å². The second kappa shape index (κ2) is 9.07. The van der Waals surface area contributed by atoms with Crippen molar-refractivity contribution in [2.24, 2.45) is 0 Å². The number of carbonyl (C=O) groups is 1. The molecule has 9 heteroatoms. The van der Waals surface area contributed by atoms with E-state index in [-0.39, 0.29) is 5.91 Å². The quantitative estimate of drug-likeness (QED) is 0.455. The van der Waals surface area contributed by atoms with Gasteiger partial charge in [-0.05, 0) is 24.3 Å². The van der Waals surface area contributed by atoms with Crippen LogP contribution in [0.3, 0.4) is 0 Å². The number of nitrogens with one attached hydrogen (secondary N) is 1. The highest BCUT2D eigenvalue weighted by Crippen LogP contribution is 2.41. The second-order valence-corrected chi connectivity index (χ2v) is 7.16. The third-order valence-electron chi connectivity index (χ3n) is 5.16. The maximum Gasteiger partial charge on any atom is 0.221 e. The van der Waals surface area contributed by atoms with Crippen LogP contribution in [0.15, 0.2) is 48.9 Å². The first-order valence-electron chi connectivity index (χ1n) is 10.1. The summed E-state index contributed by atoms with van der Waals surface area (Å²) in [6, 6.07) is 9.26. The fraction of sp³-hybridized carbons (Fsp3) is 0.208. The molecule has 1 N–H and O–H groups in total. The van der Waals surface area contributed by atoms with Gasteiger partial charge in [0.2, 0.25) is 17.5 Å². The molecule has 0 saturated heterocycles. The van der Waals surface area contributed by atoms with Crippen LogP contribution in [0.1, 0.15) is 6.92 Å². The summed E-state index contributed by atoms with van der Waals surface area (Å²) in [4.78, 5) is 20.7. The standard InChI is InChI=1S/C24H24N4O5/c1-14(29)27-18-8-17(15-6-7-22(32-4)25-11-15)13-28-19(12-26-24(18)28)16-9-20(30-2)23(33-5)21(10-16)31-3/h6-13H,1-5H3,(H,27,29). The molecule has 1 aromatic carbocycles. The molecule has 0 aliphatic carbocycles. The van der Waals surface area contributed by atoms with Gasteiger partial charge < -0.3 is 24.3 Å². The van der Waals surface area contributed by atoms with Gasteiger partial charge in [0.1, 0.15) is 0 Å². The summed E-state index contributed by atoms with van der Waals surface area (Å²) < 4.78 is 23.5. The lowest BCUT2D eigenvalue weighted by atomic mass is 10.1. The SMILES string of the molecule is COc1ccc(-c2cc(NC(C)=O)c3ncc(-c4cc(OC)c(OC)c(OC)c4)n3c2)cn1. The van der Waals surface area contributed by atoms with E-state index in [0.29, 0.717) is 34.5 Å². The van der Waals surface area contributed by atoms with E-state index in [2.05, 4.69) is 15.3 Å². The van der Waals surface area contributed by atoms with Crippen LogP contribution in [0.25, 0.3) is 28.0 Å². The third-order valence-corrected chi connectivity index (χ3v) is 5.16. The Kier molecular flexibility index (Phi) is 6.03. The maximum atomic E-state index is 11.9. The van der Waals surface area contributed by atoms with Crippen LogP contribution in [-0.4, -0.2) is 48.7 Å². The normalized spacial score (nSPS) is 10.7. The van der Waals surface area contributed by atoms with Crippen LogP contribution in [-0.2, 0) is 4.79 Å². The van der Waals surface area contributed by atoms with Gasteiger partial charge in [-0.15, -0.1) is 0 Å². The van der Waals surface area contributed by atoms with Crippen molar-refractivity contribution in [3.8, 4) is 45.5 Å². The summed E-state index contributed by atoms with van der Waals surface area (Å²) >= 11 is 0. The number of carbonyl (C=O) groups excluding carboxylic acids is 1. The average molecular weight is 448 g/mol. The third kappa shape index (κ3) is 4.12. The molecule has 33 heavy (non-hydrogen) atoms. The predicted molar refractivity (Wildman–Crippen MR) is 124 cm³/mol. The van der Waals surface area contributed by atoms with E-state index in [1.807, 2.05) is 34.9 Å². The number of imidazole rings is 1. The molecule has 0 bridgehead atoms. The lowest BCUT2D eigenvalue weighted by Crippen LogP contribution is -2.08. The summed E-state index contributed by atoms with van der Waals surface area (Å²) in [5, 5.41) is 2.87. The first kappa shape index (κ1) is 21.9. The zero-order valence-corrected chi connectivity index (χ0v) is 19.0. The molecule has 3 heterocycles. The molecule has 0 spiro atoms. The maximum absolute atomic E-state index is 11.9. The van der Waals surface area contributed by atoms with E-state index >= 15 is 0 Å². The van der Waals surface area contributed by atoms with Crippen molar-refractivity contribution in [3.05, 3.63) is 48.9 Å². The molecule has 0 fully saturated rings. The van der Waals surface area contributed by atoms with Gasteiger partial charge in [0.15, 0.2) is 17.1 Å². The molecule has 0 unspecified atom stereocenters. The Hall–Kier alpha value is -4.27. The topological polar surface area (TPSA) is 96.2 Å². The molecule has 170 valence electrons. The lowest BCUT2D eigenvalue weighted by molar-refractivity contribution is -0.114. The fourth-order valence-electron chi connectivity index (χ4n) is 3.64. The van der Waals surface area contributed by atoms with Crippen LogP contribution in [0, 0.1) is 0 Å². The van der Waals surface area contributed by atoms with Crippen LogP contribution in [0.2, 0.25) is 0 Å². The molecule has 3 aromatic heterocycles. The van der Waals surface area contributed by atoms with E-state index < -0.39 is 0 Å². The molecule has 4 rings (SSSR count). The molecule has 0 aliphatic heterocycles. The van der Waals surface area contributed by atoms with Crippen LogP contribution in [0.5, 0.6) is 23.1 Å². The molecule has 0 radical (unpaired) electrons. The largest absolute Gasteiger partial charge is 0.493 e. The summed E-state index contributed by atoms with van der Waals surface area (Å²) in [6.45, 7) is 1.46. The summed E-state index contributed by atoms with van der Waals surface area (Å²) in [7, 11) is 6.26. The number of ether oxygens (including phenoxy) is 4. The van der Waals surface area contributed by atoms with Crippen molar-refractivity contribution < 1.29 is 23.7 Å². The molecule has 4 aromatic rings. The minimum absolute atomic E-state index is 0.195. The smallest absolute Gasteiger partial charge is 0.221 e. The predicted octanol–water partition coefficient (Wildman–Crippen LogP) is 4.06. The molecule has 0 atom stereocenters. The van der Waals surface area contributed by atoms with Gasteiger partial charge >= 0.3 is 0 Å². The van der Waals surface area contributed by atoms with E-state index in [1.54, 1.807) is 46.9 Å². The van der Waals surface area contributed by atoms with Gasteiger partial charge in [-0.2, -0.15) is 0 Å².